The number of nitrogens with zero attached hydrogens (tertiary/aromatic N) is 1. The van der Waals surface area contributed by atoms with Crippen molar-refractivity contribution in [2.24, 2.45) is 0 Å². The Bertz CT molecular complexity index is 944. The summed E-state index contributed by atoms with van der Waals surface area (Å²) in [4.78, 5) is 34.9. The van der Waals surface area contributed by atoms with Crippen molar-refractivity contribution in [3.8, 4) is 17.2 Å². The number of nitro groups is 1. The minimum atomic E-state index is -0.751. The lowest BCUT2D eigenvalue weighted by Gasteiger charge is -2.14. The second-order valence-corrected chi connectivity index (χ2v) is 5.76. The number of amides is 2. The highest BCUT2D eigenvalue weighted by Gasteiger charge is 2.25. The molecule has 2 rings (SSSR count). The normalized spacial score (nSPS) is 10.1. The molecule has 0 radical (unpaired) electrons. The molecular formula is C19H21N3O7. The van der Waals surface area contributed by atoms with Crippen LogP contribution in [-0.2, 0) is 4.79 Å². The van der Waals surface area contributed by atoms with Crippen molar-refractivity contribution in [2.45, 2.75) is 13.8 Å². The van der Waals surface area contributed by atoms with Crippen LogP contribution in [0.3, 0.4) is 0 Å². The van der Waals surface area contributed by atoms with Crippen LogP contribution < -0.4 is 24.8 Å². The maximum atomic E-state index is 12.8. The summed E-state index contributed by atoms with van der Waals surface area (Å²) in [5, 5.41) is 16.6. The molecule has 0 aliphatic heterocycles. The van der Waals surface area contributed by atoms with Gasteiger partial charge in [-0.15, -0.1) is 0 Å². The topological polar surface area (TPSA) is 129 Å². The van der Waals surface area contributed by atoms with E-state index in [1.54, 1.807) is 19.1 Å². The first kappa shape index (κ1) is 21.5. The summed E-state index contributed by atoms with van der Waals surface area (Å²) < 4.78 is 15.7. The SMILES string of the molecule is CCOc1cc(C(=O)Nc2cc(NC(C)=O)ccc2OC)c([N+](=O)[O-])cc1OC. The van der Waals surface area contributed by atoms with Crippen LogP contribution >= 0.6 is 0 Å². The molecule has 0 aliphatic rings. The predicted molar refractivity (Wildman–Crippen MR) is 106 cm³/mol. The molecule has 0 atom stereocenters. The molecule has 0 aromatic heterocycles. The summed E-state index contributed by atoms with van der Waals surface area (Å²) in [5.41, 5.74) is -0.00863. The standard InChI is InChI=1S/C19H21N3O7/c1-5-29-18-9-13(15(22(25)26)10-17(18)28-4)19(24)21-14-8-12(20-11(2)23)6-7-16(14)27-3/h6-10H,5H2,1-4H3,(H,20,23)(H,21,24). The van der Waals surface area contributed by atoms with Gasteiger partial charge in [0.15, 0.2) is 11.5 Å². The van der Waals surface area contributed by atoms with Crippen LogP contribution in [0.4, 0.5) is 17.1 Å². The number of ether oxygens (including phenoxy) is 3. The molecular weight excluding hydrogens is 382 g/mol. The summed E-state index contributed by atoms with van der Waals surface area (Å²) >= 11 is 0. The zero-order valence-corrected chi connectivity index (χ0v) is 16.4. The van der Waals surface area contributed by atoms with Crippen molar-refractivity contribution in [1.82, 2.24) is 0 Å². The van der Waals surface area contributed by atoms with Gasteiger partial charge in [-0.05, 0) is 25.1 Å². The zero-order valence-electron chi connectivity index (χ0n) is 16.4. The van der Waals surface area contributed by atoms with E-state index >= 15 is 0 Å². The van der Waals surface area contributed by atoms with Crippen LogP contribution in [0.2, 0.25) is 0 Å². The van der Waals surface area contributed by atoms with E-state index in [1.165, 1.54) is 33.3 Å². The van der Waals surface area contributed by atoms with Crippen molar-refractivity contribution in [3.63, 3.8) is 0 Å². The van der Waals surface area contributed by atoms with Crippen molar-refractivity contribution < 1.29 is 28.7 Å². The molecule has 29 heavy (non-hydrogen) atoms. The summed E-state index contributed by atoms with van der Waals surface area (Å²) in [5.74, 6) is -0.392. The Hall–Kier alpha value is -3.82. The highest BCUT2D eigenvalue weighted by Crippen LogP contribution is 2.36. The van der Waals surface area contributed by atoms with Crippen LogP contribution in [-0.4, -0.2) is 37.6 Å². The van der Waals surface area contributed by atoms with Gasteiger partial charge in [-0.2, -0.15) is 0 Å². The van der Waals surface area contributed by atoms with Gasteiger partial charge in [-0.3, -0.25) is 19.7 Å². The number of nitrogens with one attached hydrogen (secondary N) is 2. The van der Waals surface area contributed by atoms with Gasteiger partial charge in [0.1, 0.15) is 11.3 Å². The van der Waals surface area contributed by atoms with Crippen LogP contribution in [0.15, 0.2) is 30.3 Å². The van der Waals surface area contributed by atoms with Crippen LogP contribution in [0.1, 0.15) is 24.2 Å². The number of methoxy groups -OCH3 is 2. The second kappa shape index (κ2) is 9.40. The molecule has 2 aromatic rings. The molecule has 0 unspecified atom stereocenters. The Morgan fingerprint density at radius 2 is 1.72 bits per heavy atom. The molecule has 2 amide bonds. The summed E-state index contributed by atoms with van der Waals surface area (Å²) in [7, 11) is 2.76. The van der Waals surface area contributed by atoms with Crippen molar-refractivity contribution in [3.05, 3.63) is 46.0 Å². The molecule has 0 saturated heterocycles. The summed E-state index contributed by atoms with van der Waals surface area (Å²) in [6.45, 7) is 3.36. The van der Waals surface area contributed by atoms with E-state index in [4.69, 9.17) is 14.2 Å². The Balaban J connectivity index is 2.47. The molecule has 2 N–H and O–H groups in total. The lowest BCUT2D eigenvalue weighted by Crippen LogP contribution is -2.16. The Kier molecular flexibility index (Phi) is 6.96. The van der Waals surface area contributed by atoms with Gasteiger partial charge in [0.25, 0.3) is 11.6 Å². The molecule has 0 heterocycles. The van der Waals surface area contributed by atoms with Crippen LogP contribution in [0.25, 0.3) is 0 Å². The average Bonchev–Trinajstić information content (AvgIpc) is 2.67. The third-order valence-electron chi connectivity index (χ3n) is 3.79. The quantitative estimate of drug-likeness (QED) is 0.511. The zero-order chi connectivity index (χ0) is 21.6. The van der Waals surface area contributed by atoms with E-state index in [-0.39, 0.29) is 35.3 Å². The maximum Gasteiger partial charge on any atom is 0.286 e. The number of carbonyl (C=O) groups is 2. The monoisotopic (exact) mass is 403 g/mol. The van der Waals surface area contributed by atoms with Gasteiger partial charge in [0.2, 0.25) is 5.91 Å². The smallest absolute Gasteiger partial charge is 0.286 e. The third kappa shape index (κ3) is 5.12. The molecule has 0 spiro atoms. The van der Waals surface area contributed by atoms with Gasteiger partial charge in [0, 0.05) is 18.7 Å². The number of rotatable bonds is 8. The molecule has 2 aromatic carbocycles. The van der Waals surface area contributed by atoms with Gasteiger partial charge in [-0.1, -0.05) is 0 Å². The number of benzene rings is 2. The number of hydrogen-bond acceptors (Lipinski definition) is 7. The van der Waals surface area contributed by atoms with Gasteiger partial charge in [-0.25, -0.2) is 0 Å². The first-order valence-electron chi connectivity index (χ1n) is 8.56. The van der Waals surface area contributed by atoms with Gasteiger partial charge >= 0.3 is 0 Å². The van der Waals surface area contributed by atoms with E-state index in [0.29, 0.717) is 11.4 Å². The Morgan fingerprint density at radius 3 is 2.28 bits per heavy atom. The molecule has 10 nitrogen and oxygen atoms in total. The molecule has 0 aliphatic carbocycles. The number of nitro benzene ring substituents is 1. The number of carbonyl (C=O) groups excluding carboxylic acids is 2. The van der Waals surface area contributed by atoms with E-state index in [0.717, 1.165) is 6.07 Å². The van der Waals surface area contributed by atoms with E-state index in [2.05, 4.69) is 10.6 Å². The van der Waals surface area contributed by atoms with Crippen LogP contribution in [0.5, 0.6) is 17.2 Å². The first-order chi connectivity index (χ1) is 13.8. The fourth-order valence-corrected chi connectivity index (χ4v) is 2.59. The first-order valence-corrected chi connectivity index (χ1v) is 8.56. The van der Waals surface area contributed by atoms with E-state index < -0.39 is 16.5 Å². The second-order valence-electron chi connectivity index (χ2n) is 5.76. The predicted octanol–water partition coefficient (Wildman–Crippen LogP) is 3.22. The van der Waals surface area contributed by atoms with Gasteiger partial charge in [0.05, 0.1) is 37.5 Å². The summed E-state index contributed by atoms with van der Waals surface area (Å²) in [6.07, 6.45) is 0. The van der Waals surface area contributed by atoms with Crippen molar-refractivity contribution in [1.29, 1.82) is 0 Å². The molecule has 154 valence electrons. The molecule has 10 heteroatoms. The molecule has 0 saturated carbocycles. The fourth-order valence-electron chi connectivity index (χ4n) is 2.59. The average molecular weight is 403 g/mol. The third-order valence-corrected chi connectivity index (χ3v) is 3.79. The minimum absolute atomic E-state index is 0.139. The largest absolute Gasteiger partial charge is 0.495 e. The molecule has 0 fully saturated rings. The minimum Gasteiger partial charge on any atom is -0.495 e. The van der Waals surface area contributed by atoms with Crippen molar-refractivity contribution >= 4 is 28.9 Å². The number of anilines is 2. The van der Waals surface area contributed by atoms with E-state index in [1.807, 2.05) is 0 Å². The highest BCUT2D eigenvalue weighted by molar-refractivity contribution is 6.08. The fraction of sp³-hybridized carbons (Fsp3) is 0.263. The Labute approximate surface area is 166 Å². The summed E-state index contributed by atoms with van der Waals surface area (Å²) in [6, 6.07) is 7.01. The van der Waals surface area contributed by atoms with Crippen molar-refractivity contribution in [2.75, 3.05) is 31.5 Å². The lowest BCUT2D eigenvalue weighted by atomic mass is 10.1. The lowest BCUT2D eigenvalue weighted by molar-refractivity contribution is -0.385. The molecule has 0 bridgehead atoms. The maximum absolute atomic E-state index is 12.8. The highest BCUT2D eigenvalue weighted by atomic mass is 16.6. The number of hydrogen-bond donors (Lipinski definition) is 2. The Morgan fingerprint density at radius 1 is 1.03 bits per heavy atom. The van der Waals surface area contributed by atoms with Gasteiger partial charge < -0.3 is 24.8 Å². The van der Waals surface area contributed by atoms with E-state index in [9.17, 15) is 19.7 Å². The van der Waals surface area contributed by atoms with Crippen LogP contribution in [0, 0.1) is 10.1 Å².